The Kier molecular flexibility index (Phi) is 4.00. The molecule has 1 N–H and O–H groups in total. The summed E-state index contributed by atoms with van der Waals surface area (Å²) in [6, 6.07) is 0.562. The van der Waals surface area contributed by atoms with Gasteiger partial charge in [-0.05, 0) is 44.6 Å². The average Bonchev–Trinajstić information content (AvgIpc) is 2.98. The van der Waals surface area contributed by atoms with Crippen molar-refractivity contribution in [1.82, 2.24) is 4.90 Å². The molecule has 2 atom stereocenters. The second-order valence-electron chi connectivity index (χ2n) is 6.62. The Balaban J connectivity index is 2.04. The molecule has 2 rings (SSSR count). The summed E-state index contributed by atoms with van der Waals surface area (Å²) in [5.41, 5.74) is -0.507. The third-order valence-electron chi connectivity index (χ3n) is 5.52. The lowest BCUT2D eigenvalue weighted by Crippen LogP contribution is -2.42. The van der Waals surface area contributed by atoms with Crippen molar-refractivity contribution in [2.45, 2.75) is 58.9 Å². The van der Waals surface area contributed by atoms with E-state index in [1.807, 2.05) is 0 Å². The van der Waals surface area contributed by atoms with Crippen LogP contribution in [-0.4, -0.2) is 35.1 Å². The number of aliphatic carboxylic acids is 1. The van der Waals surface area contributed by atoms with Crippen molar-refractivity contribution in [1.29, 1.82) is 0 Å². The van der Waals surface area contributed by atoms with Crippen LogP contribution in [0.25, 0.3) is 0 Å². The van der Waals surface area contributed by atoms with Gasteiger partial charge in [0.25, 0.3) is 0 Å². The highest BCUT2D eigenvalue weighted by Gasteiger charge is 2.48. The quantitative estimate of drug-likeness (QED) is 0.837. The molecular weight excluding hydrogens is 226 g/mol. The van der Waals surface area contributed by atoms with E-state index in [4.69, 9.17) is 0 Å². The van der Waals surface area contributed by atoms with Gasteiger partial charge in [0.15, 0.2) is 0 Å². The van der Waals surface area contributed by atoms with Crippen molar-refractivity contribution >= 4 is 5.97 Å². The zero-order chi connectivity index (χ0) is 13.3. The van der Waals surface area contributed by atoms with Gasteiger partial charge in [0, 0.05) is 12.6 Å². The van der Waals surface area contributed by atoms with Gasteiger partial charge in [0.2, 0.25) is 0 Å². The Hall–Kier alpha value is -0.570. The molecule has 1 aliphatic carbocycles. The minimum absolute atomic E-state index is 0.218. The molecule has 1 heterocycles. The van der Waals surface area contributed by atoms with Crippen LogP contribution in [0.4, 0.5) is 0 Å². The maximum Gasteiger partial charge on any atom is 0.311 e. The molecule has 2 fully saturated rings. The Bertz CT molecular complexity index is 310. The number of hydrogen-bond donors (Lipinski definition) is 1. The lowest BCUT2D eigenvalue weighted by atomic mass is 9.76. The minimum atomic E-state index is -0.598. The van der Waals surface area contributed by atoms with Crippen LogP contribution < -0.4 is 0 Å². The van der Waals surface area contributed by atoms with E-state index in [1.165, 1.54) is 25.7 Å². The molecule has 1 aliphatic heterocycles. The third kappa shape index (κ3) is 2.29. The summed E-state index contributed by atoms with van der Waals surface area (Å²) in [5.74, 6) is 0.413. The number of nitrogens with zero attached hydrogens (tertiary/aromatic N) is 1. The van der Waals surface area contributed by atoms with Crippen molar-refractivity contribution in [3.8, 4) is 0 Å². The Morgan fingerprint density at radius 2 is 1.89 bits per heavy atom. The van der Waals surface area contributed by atoms with Gasteiger partial charge in [-0.15, -0.1) is 0 Å². The van der Waals surface area contributed by atoms with Gasteiger partial charge in [-0.1, -0.05) is 26.7 Å². The fourth-order valence-corrected chi connectivity index (χ4v) is 3.84. The number of carboxylic acids is 1. The summed E-state index contributed by atoms with van der Waals surface area (Å²) in [6.07, 6.45) is 6.20. The molecule has 0 bridgehead atoms. The van der Waals surface area contributed by atoms with Gasteiger partial charge >= 0.3 is 5.97 Å². The van der Waals surface area contributed by atoms with Crippen LogP contribution in [0, 0.1) is 17.3 Å². The number of hydrogen-bond acceptors (Lipinski definition) is 2. The smallest absolute Gasteiger partial charge is 0.311 e. The van der Waals surface area contributed by atoms with Gasteiger partial charge in [0.1, 0.15) is 0 Å². The predicted octanol–water partition coefficient (Wildman–Crippen LogP) is 3.00. The molecule has 0 aromatic heterocycles. The Labute approximate surface area is 111 Å². The molecule has 1 saturated carbocycles. The Morgan fingerprint density at radius 1 is 1.28 bits per heavy atom. The topological polar surface area (TPSA) is 40.5 Å². The maximum atomic E-state index is 11.6. The molecule has 0 aromatic carbocycles. The highest BCUT2D eigenvalue weighted by molar-refractivity contribution is 5.75. The largest absolute Gasteiger partial charge is 0.481 e. The molecule has 104 valence electrons. The first-order chi connectivity index (χ1) is 8.47. The van der Waals surface area contributed by atoms with Crippen LogP contribution in [0.15, 0.2) is 0 Å². The lowest BCUT2D eigenvalue weighted by molar-refractivity contribution is -0.151. The van der Waals surface area contributed by atoms with E-state index >= 15 is 0 Å². The van der Waals surface area contributed by atoms with Gasteiger partial charge in [0.05, 0.1) is 5.41 Å². The Morgan fingerprint density at radius 3 is 2.33 bits per heavy atom. The molecule has 2 unspecified atom stereocenters. The normalized spacial score (nSPS) is 32.2. The molecule has 3 nitrogen and oxygen atoms in total. The monoisotopic (exact) mass is 253 g/mol. The number of likely N-dealkylation sites (tertiary alicyclic amines) is 1. The van der Waals surface area contributed by atoms with Gasteiger partial charge in [-0.2, -0.15) is 0 Å². The van der Waals surface area contributed by atoms with Crippen molar-refractivity contribution in [2.24, 2.45) is 17.3 Å². The first kappa shape index (κ1) is 13.9. The van der Waals surface area contributed by atoms with Crippen molar-refractivity contribution in [3.63, 3.8) is 0 Å². The molecule has 0 radical (unpaired) electrons. The fourth-order valence-electron chi connectivity index (χ4n) is 3.84. The van der Waals surface area contributed by atoms with E-state index in [9.17, 15) is 9.90 Å². The van der Waals surface area contributed by atoms with Gasteiger partial charge in [-0.3, -0.25) is 9.69 Å². The summed E-state index contributed by atoms with van der Waals surface area (Å²) in [5, 5.41) is 9.57. The van der Waals surface area contributed by atoms with Crippen molar-refractivity contribution < 1.29 is 9.90 Å². The third-order valence-corrected chi connectivity index (χ3v) is 5.52. The molecule has 18 heavy (non-hydrogen) atoms. The van der Waals surface area contributed by atoms with E-state index in [0.717, 1.165) is 25.4 Å². The van der Waals surface area contributed by atoms with Crippen LogP contribution in [-0.2, 0) is 4.79 Å². The SMILES string of the molecule is CC(C1CCCC1)N1CCC(C(=O)O)(C(C)C)C1. The van der Waals surface area contributed by atoms with Crippen LogP contribution in [0.2, 0.25) is 0 Å². The van der Waals surface area contributed by atoms with Crippen LogP contribution in [0.3, 0.4) is 0 Å². The van der Waals surface area contributed by atoms with E-state index in [-0.39, 0.29) is 5.92 Å². The zero-order valence-electron chi connectivity index (χ0n) is 12.0. The van der Waals surface area contributed by atoms with E-state index in [1.54, 1.807) is 0 Å². The molecule has 2 aliphatic rings. The minimum Gasteiger partial charge on any atom is -0.481 e. The summed E-state index contributed by atoms with van der Waals surface area (Å²) >= 11 is 0. The van der Waals surface area contributed by atoms with Crippen LogP contribution in [0.5, 0.6) is 0 Å². The molecule has 0 amide bonds. The van der Waals surface area contributed by atoms with Gasteiger partial charge in [-0.25, -0.2) is 0 Å². The van der Waals surface area contributed by atoms with E-state index in [0.29, 0.717) is 6.04 Å². The maximum absolute atomic E-state index is 11.6. The molecular formula is C15H27NO2. The fraction of sp³-hybridized carbons (Fsp3) is 0.933. The van der Waals surface area contributed by atoms with Crippen LogP contribution in [0.1, 0.15) is 52.9 Å². The summed E-state index contributed by atoms with van der Waals surface area (Å²) in [7, 11) is 0. The second kappa shape index (κ2) is 5.20. The first-order valence-electron chi connectivity index (χ1n) is 7.45. The predicted molar refractivity (Wildman–Crippen MR) is 72.5 cm³/mol. The standard InChI is InChI=1S/C15H27NO2/c1-11(2)15(14(17)18)8-9-16(10-15)12(3)13-6-4-5-7-13/h11-13H,4-10H2,1-3H3,(H,17,18). The number of rotatable bonds is 4. The molecule has 3 heteroatoms. The highest BCUT2D eigenvalue weighted by Crippen LogP contribution is 2.41. The number of carboxylic acid groups (broad SMARTS) is 1. The van der Waals surface area contributed by atoms with Crippen molar-refractivity contribution in [3.05, 3.63) is 0 Å². The first-order valence-corrected chi connectivity index (χ1v) is 7.45. The second-order valence-corrected chi connectivity index (χ2v) is 6.62. The molecule has 1 saturated heterocycles. The van der Waals surface area contributed by atoms with Crippen LogP contribution >= 0.6 is 0 Å². The lowest BCUT2D eigenvalue weighted by Gasteiger charge is -2.33. The molecule has 0 aromatic rings. The summed E-state index contributed by atoms with van der Waals surface area (Å²) in [4.78, 5) is 14.1. The van der Waals surface area contributed by atoms with E-state index in [2.05, 4.69) is 25.7 Å². The number of carbonyl (C=O) groups is 1. The zero-order valence-corrected chi connectivity index (χ0v) is 12.0. The van der Waals surface area contributed by atoms with Crippen molar-refractivity contribution in [2.75, 3.05) is 13.1 Å². The molecule has 0 spiro atoms. The summed E-state index contributed by atoms with van der Waals surface area (Å²) in [6.45, 7) is 8.11. The average molecular weight is 253 g/mol. The van der Waals surface area contributed by atoms with E-state index < -0.39 is 11.4 Å². The summed E-state index contributed by atoms with van der Waals surface area (Å²) < 4.78 is 0. The highest BCUT2D eigenvalue weighted by atomic mass is 16.4. The van der Waals surface area contributed by atoms with Gasteiger partial charge < -0.3 is 5.11 Å².